The van der Waals surface area contributed by atoms with Crippen molar-refractivity contribution in [2.24, 2.45) is 0 Å². The summed E-state index contributed by atoms with van der Waals surface area (Å²) >= 11 is 4.23. The van der Waals surface area contributed by atoms with Gasteiger partial charge in [-0.1, -0.05) is 38.2 Å². The summed E-state index contributed by atoms with van der Waals surface area (Å²) in [6.45, 7) is 0.870. The van der Waals surface area contributed by atoms with Crippen LogP contribution in [-0.2, 0) is 12.8 Å². The lowest BCUT2D eigenvalue weighted by atomic mass is 10.1. The van der Waals surface area contributed by atoms with Gasteiger partial charge in [0.1, 0.15) is 5.75 Å². The summed E-state index contributed by atoms with van der Waals surface area (Å²) in [5, 5.41) is 0. The first-order valence-electron chi connectivity index (χ1n) is 8.25. The Labute approximate surface area is 129 Å². The van der Waals surface area contributed by atoms with Gasteiger partial charge < -0.3 is 4.74 Å². The number of unbranched alkanes of at least 4 members (excludes halogenated alkanes) is 6. The number of hydrogen-bond acceptors (Lipinski definition) is 2. The Morgan fingerprint density at radius 3 is 2.35 bits per heavy atom. The van der Waals surface area contributed by atoms with Crippen LogP contribution in [0.15, 0.2) is 18.2 Å². The molecule has 1 aliphatic carbocycles. The molecule has 2 heteroatoms. The molecule has 2 rings (SSSR count). The van der Waals surface area contributed by atoms with Crippen LogP contribution in [0.3, 0.4) is 0 Å². The van der Waals surface area contributed by atoms with E-state index < -0.39 is 0 Å². The molecule has 1 aromatic rings. The minimum Gasteiger partial charge on any atom is -0.494 e. The maximum absolute atomic E-state index is 5.87. The fraction of sp³-hybridized carbons (Fsp3) is 0.667. The predicted octanol–water partition coefficient (Wildman–Crippen LogP) is 5.21. The van der Waals surface area contributed by atoms with Crippen LogP contribution in [-0.4, -0.2) is 12.4 Å². The molecule has 0 bridgehead atoms. The van der Waals surface area contributed by atoms with Crippen molar-refractivity contribution in [3.8, 4) is 5.75 Å². The lowest BCUT2D eigenvalue weighted by Crippen LogP contribution is -1.98. The molecule has 1 aromatic carbocycles. The molecule has 0 atom stereocenters. The number of ether oxygens (including phenoxy) is 1. The minimum atomic E-state index is 0.870. The number of thiol groups is 1. The zero-order chi connectivity index (χ0) is 14.0. The van der Waals surface area contributed by atoms with Crippen molar-refractivity contribution in [2.45, 2.75) is 64.2 Å². The van der Waals surface area contributed by atoms with Crippen LogP contribution < -0.4 is 4.74 Å². The summed E-state index contributed by atoms with van der Waals surface area (Å²) in [6.07, 6.45) is 13.0. The van der Waals surface area contributed by atoms with Crippen molar-refractivity contribution in [3.05, 3.63) is 29.3 Å². The van der Waals surface area contributed by atoms with Crippen LogP contribution in [0.1, 0.15) is 62.5 Å². The molecule has 0 saturated heterocycles. The molecule has 0 radical (unpaired) electrons. The number of aryl methyl sites for hydroxylation is 2. The van der Waals surface area contributed by atoms with Gasteiger partial charge in [0.2, 0.25) is 0 Å². The normalized spacial score (nSPS) is 13.4. The van der Waals surface area contributed by atoms with Crippen molar-refractivity contribution >= 4 is 12.6 Å². The Hall–Kier alpha value is -0.630. The second kappa shape index (κ2) is 9.33. The van der Waals surface area contributed by atoms with E-state index in [1.165, 1.54) is 75.3 Å². The highest BCUT2D eigenvalue weighted by molar-refractivity contribution is 7.80. The first kappa shape index (κ1) is 15.8. The summed E-state index contributed by atoms with van der Waals surface area (Å²) in [5.41, 5.74) is 3.03. The van der Waals surface area contributed by atoms with Gasteiger partial charge in [-0.3, -0.25) is 0 Å². The number of benzene rings is 1. The molecule has 1 nitrogen and oxygen atoms in total. The molecule has 0 fully saturated rings. The molecule has 0 N–H and O–H groups in total. The summed E-state index contributed by atoms with van der Waals surface area (Å²) in [6, 6.07) is 6.64. The van der Waals surface area contributed by atoms with Gasteiger partial charge in [0.25, 0.3) is 0 Å². The molecule has 0 amide bonds. The van der Waals surface area contributed by atoms with E-state index in [1.807, 2.05) is 0 Å². The smallest absolute Gasteiger partial charge is 0.119 e. The lowest BCUT2D eigenvalue weighted by Gasteiger charge is -2.08. The Morgan fingerprint density at radius 2 is 1.55 bits per heavy atom. The number of hydrogen-bond donors (Lipinski definition) is 1. The standard InChI is InChI=1S/C18H28OS/c20-14-7-5-3-1-2-4-6-13-19-18-12-11-16-9-8-10-17(16)15-18/h11-12,15,20H,1-10,13-14H2. The topological polar surface area (TPSA) is 9.23 Å². The first-order chi connectivity index (χ1) is 9.90. The van der Waals surface area contributed by atoms with E-state index in [2.05, 4.69) is 30.8 Å². The average Bonchev–Trinajstić information content (AvgIpc) is 2.93. The van der Waals surface area contributed by atoms with Gasteiger partial charge in [-0.05, 0) is 61.1 Å². The van der Waals surface area contributed by atoms with Crippen LogP contribution >= 0.6 is 12.6 Å². The van der Waals surface area contributed by atoms with Crippen molar-refractivity contribution in [3.63, 3.8) is 0 Å². The summed E-state index contributed by atoms with van der Waals surface area (Å²) in [4.78, 5) is 0. The quantitative estimate of drug-likeness (QED) is 0.460. The van der Waals surface area contributed by atoms with Gasteiger partial charge in [-0.2, -0.15) is 12.6 Å². The van der Waals surface area contributed by atoms with Gasteiger partial charge in [0, 0.05) is 0 Å². The third-order valence-electron chi connectivity index (χ3n) is 4.14. The van der Waals surface area contributed by atoms with Gasteiger partial charge in [0.05, 0.1) is 6.61 Å². The highest BCUT2D eigenvalue weighted by Crippen LogP contribution is 2.26. The summed E-state index contributed by atoms with van der Waals surface area (Å²) in [5.74, 6) is 2.11. The fourth-order valence-electron chi connectivity index (χ4n) is 2.93. The van der Waals surface area contributed by atoms with Gasteiger partial charge in [-0.25, -0.2) is 0 Å². The number of fused-ring (bicyclic) bond motifs is 1. The van der Waals surface area contributed by atoms with E-state index >= 15 is 0 Å². The fourth-order valence-corrected chi connectivity index (χ4v) is 3.15. The van der Waals surface area contributed by atoms with E-state index in [4.69, 9.17) is 4.74 Å². The summed E-state index contributed by atoms with van der Waals surface area (Å²) < 4.78 is 5.87. The highest BCUT2D eigenvalue weighted by atomic mass is 32.1. The molecule has 0 spiro atoms. The van der Waals surface area contributed by atoms with E-state index in [0.29, 0.717) is 0 Å². The largest absolute Gasteiger partial charge is 0.494 e. The van der Waals surface area contributed by atoms with Crippen LogP contribution in [0.4, 0.5) is 0 Å². The maximum Gasteiger partial charge on any atom is 0.119 e. The first-order valence-corrected chi connectivity index (χ1v) is 8.89. The second-order valence-corrected chi connectivity index (χ2v) is 6.28. The summed E-state index contributed by atoms with van der Waals surface area (Å²) in [7, 11) is 0. The Kier molecular flexibility index (Phi) is 7.35. The Balaban J connectivity index is 1.51. The molecular weight excluding hydrogens is 264 g/mol. The second-order valence-electron chi connectivity index (χ2n) is 5.83. The molecule has 20 heavy (non-hydrogen) atoms. The third-order valence-corrected chi connectivity index (χ3v) is 4.46. The third kappa shape index (κ3) is 5.40. The van der Waals surface area contributed by atoms with Gasteiger partial charge in [0.15, 0.2) is 0 Å². The van der Waals surface area contributed by atoms with Crippen molar-refractivity contribution in [1.29, 1.82) is 0 Å². The van der Waals surface area contributed by atoms with Gasteiger partial charge >= 0.3 is 0 Å². The van der Waals surface area contributed by atoms with E-state index in [-0.39, 0.29) is 0 Å². The molecular formula is C18H28OS. The van der Waals surface area contributed by atoms with Crippen molar-refractivity contribution in [2.75, 3.05) is 12.4 Å². The molecule has 0 saturated carbocycles. The monoisotopic (exact) mass is 292 g/mol. The highest BCUT2D eigenvalue weighted by Gasteiger charge is 2.10. The molecule has 112 valence electrons. The molecule has 0 aromatic heterocycles. The average molecular weight is 292 g/mol. The Bertz CT molecular complexity index is 389. The zero-order valence-corrected chi connectivity index (χ0v) is 13.5. The predicted molar refractivity (Wildman–Crippen MR) is 90.1 cm³/mol. The number of rotatable bonds is 10. The maximum atomic E-state index is 5.87. The van der Waals surface area contributed by atoms with E-state index in [0.717, 1.165) is 18.1 Å². The molecule has 1 aliphatic rings. The van der Waals surface area contributed by atoms with Crippen molar-refractivity contribution < 1.29 is 4.74 Å². The van der Waals surface area contributed by atoms with Gasteiger partial charge in [-0.15, -0.1) is 0 Å². The SMILES string of the molecule is SCCCCCCCCCOc1ccc2c(c1)CCC2. The van der Waals surface area contributed by atoms with Crippen LogP contribution in [0.2, 0.25) is 0 Å². The Morgan fingerprint density at radius 1 is 0.850 bits per heavy atom. The molecule has 0 unspecified atom stereocenters. The van der Waals surface area contributed by atoms with E-state index in [1.54, 1.807) is 0 Å². The van der Waals surface area contributed by atoms with Crippen LogP contribution in [0, 0.1) is 0 Å². The van der Waals surface area contributed by atoms with Crippen LogP contribution in [0.25, 0.3) is 0 Å². The molecule has 0 aliphatic heterocycles. The molecule has 0 heterocycles. The van der Waals surface area contributed by atoms with Crippen molar-refractivity contribution in [1.82, 2.24) is 0 Å². The van der Waals surface area contributed by atoms with E-state index in [9.17, 15) is 0 Å². The minimum absolute atomic E-state index is 0.870. The lowest BCUT2D eigenvalue weighted by molar-refractivity contribution is 0.304. The zero-order valence-electron chi connectivity index (χ0n) is 12.6. The van der Waals surface area contributed by atoms with Crippen LogP contribution in [0.5, 0.6) is 5.75 Å².